The summed E-state index contributed by atoms with van der Waals surface area (Å²) in [5.74, 6) is 7.06. The summed E-state index contributed by atoms with van der Waals surface area (Å²) in [7, 11) is 4.01. The first-order valence-electron chi connectivity index (χ1n) is 11.1. The molecule has 8 nitrogen and oxygen atoms in total. The Balaban J connectivity index is 1.78. The molecule has 2 aromatic carbocycles. The fraction of sp³-hybridized carbons (Fsp3) is 0.192. The number of hydrogen-bond acceptors (Lipinski definition) is 8. The Labute approximate surface area is 203 Å². The zero-order valence-corrected chi connectivity index (χ0v) is 19.7. The third kappa shape index (κ3) is 5.53. The van der Waals surface area contributed by atoms with E-state index in [4.69, 9.17) is 16.1 Å². The molecule has 4 rings (SSSR count). The predicted molar refractivity (Wildman–Crippen MR) is 136 cm³/mol. The first-order chi connectivity index (χ1) is 17.0. The Morgan fingerprint density at radius 1 is 1.14 bits per heavy atom. The number of benzene rings is 2. The molecule has 3 aromatic rings. The summed E-state index contributed by atoms with van der Waals surface area (Å²) in [6, 6.07) is 14.9. The van der Waals surface area contributed by atoms with E-state index in [9.17, 15) is 4.39 Å². The van der Waals surface area contributed by atoms with Gasteiger partial charge in [-0.25, -0.2) is 10.2 Å². The molecule has 9 heteroatoms. The number of para-hydroxylation sites is 1. The second-order valence-electron chi connectivity index (χ2n) is 8.30. The Bertz CT molecular complexity index is 1310. The van der Waals surface area contributed by atoms with Gasteiger partial charge < -0.3 is 15.2 Å². The van der Waals surface area contributed by atoms with Crippen LogP contribution in [0.1, 0.15) is 23.4 Å². The number of anilines is 1. The van der Waals surface area contributed by atoms with Crippen LogP contribution in [0.3, 0.4) is 0 Å². The van der Waals surface area contributed by atoms with Gasteiger partial charge in [0.2, 0.25) is 5.82 Å². The molecule has 0 atom stereocenters. The lowest BCUT2D eigenvalue weighted by molar-refractivity contribution is 0.402. The fourth-order valence-corrected chi connectivity index (χ4v) is 3.80. The van der Waals surface area contributed by atoms with Crippen LogP contribution >= 0.6 is 0 Å². The lowest BCUT2D eigenvalue weighted by Crippen LogP contribution is -2.33. The van der Waals surface area contributed by atoms with Crippen LogP contribution in [0.4, 0.5) is 10.1 Å². The minimum absolute atomic E-state index is 0.112. The van der Waals surface area contributed by atoms with Crippen molar-refractivity contribution in [2.24, 2.45) is 16.6 Å². The van der Waals surface area contributed by atoms with Crippen molar-refractivity contribution in [3.63, 3.8) is 0 Å². The van der Waals surface area contributed by atoms with E-state index < -0.39 is 6.67 Å². The number of hydrazine groups is 1. The summed E-state index contributed by atoms with van der Waals surface area (Å²) in [5.41, 5.74) is 10.7. The molecule has 35 heavy (non-hydrogen) atoms. The second kappa shape index (κ2) is 10.9. The van der Waals surface area contributed by atoms with Crippen molar-refractivity contribution < 1.29 is 8.91 Å². The van der Waals surface area contributed by atoms with Crippen LogP contribution < -0.4 is 16.6 Å². The number of hydrogen-bond donors (Lipinski definition) is 2. The molecule has 2 heterocycles. The number of aliphatic imine (C=N–C) groups is 1. The van der Waals surface area contributed by atoms with Crippen molar-refractivity contribution in [3.8, 4) is 11.4 Å². The van der Waals surface area contributed by atoms with Gasteiger partial charge in [-0.05, 0) is 43.4 Å². The van der Waals surface area contributed by atoms with Gasteiger partial charge in [-0.3, -0.25) is 10.0 Å². The van der Waals surface area contributed by atoms with Crippen molar-refractivity contribution in [2.75, 3.05) is 19.1 Å². The molecular formula is C26H28FN7O. The van der Waals surface area contributed by atoms with E-state index in [0.717, 1.165) is 17.7 Å². The van der Waals surface area contributed by atoms with Gasteiger partial charge in [0.1, 0.15) is 12.4 Å². The van der Waals surface area contributed by atoms with Crippen molar-refractivity contribution in [3.05, 3.63) is 95.2 Å². The maximum Gasteiger partial charge on any atom is 0.276 e. The monoisotopic (exact) mass is 473 g/mol. The largest absolute Gasteiger partial charge is 0.392 e. The third-order valence-electron chi connectivity index (χ3n) is 5.39. The fourth-order valence-electron chi connectivity index (χ4n) is 3.80. The van der Waals surface area contributed by atoms with E-state index in [2.05, 4.69) is 20.0 Å². The normalized spacial score (nSPS) is 14.0. The number of rotatable bonds is 8. The van der Waals surface area contributed by atoms with Crippen LogP contribution in [-0.2, 0) is 13.2 Å². The van der Waals surface area contributed by atoms with Crippen LogP contribution in [0.25, 0.3) is 17.1 Å². The smallest absolute Gasteiger partial charge is 0.276 e. The molecule has 0 fully saturated rings. The highest BCUT2D eigenvalue weighted by atomic mass is 19.1. The minimum Gasteiger partial charge on any atom is -0.392 e. The second-order valence-corrected chi connectivity index (χ2v) is 8.30. The lowest BCUT2D eigenvalue weighted by Gasteiger charge is -2.25. The zero-order valence-electron chi connectivity index (χ0n) is 19.7. The minimum atomic E-state index is -0.678. The number of halogens is 1. The summed E-state index contributed by atoms with van der Waals surface area (Å²) < 4.78 is 19.3. The molecule has 0 radical (unpaired) electrons. The summed E-state index contributed by atoms with van der Waals surface area (Å²) in [6.45, 7) is 0.104. The molecule has 1 aromatic heterocycles. The van der Waals surface area contributed by atoms with E-state index in [1.54, 1.807) is 42.8 Å². The molecule has 0 bridgehead atoms. The molecule has 4 N–H and O–H groups in total. The van der Waals surface area contributed by atoms with Gasteiger partial charge in [0, 0.05) is 36.5 Å². The number of nitrogens with zero attached hydrogens (tertiary/aromatic N) is 5. The third-order valence-corrected chi connectivity index (χ3v) is 5.39. The van der Waals surface area contributed by atoms with Crippen LogP contribution in [0.2, 0.25) is 0 Å². The van der Waals surface area contributed by atoms with Gasteiger partial charge in [-0.2, -0.15) is 4.98 Å². The molecule has 180 valence electrons. The SMILES string of the molecule is CN(C)Cc1cccc(-c2noc(/C(N)=C(\C3=CCC=NC=C3)N(N)c3ccccc3CF)n2)c1. The predicted octanol–water partition coefficient (Wildman–Crippen LogP) is 4.19. The maximum absolute atomic E-state index is 13.7. The number of nitrogens with two attached hydrogens (primary N) is 2. The molecule has 1 aliphatic rings. The first kappa shape index (κ1) is 24.1. The van der Waals surface area contributed by atoms with Gasteiger partial charge in [0.25, 0.3) is 5.89 Å². The van der Waals surface area contributed by atoms with Crippen molar-refractivity contribution >= 4 is 17.6 Å². The Morgan fingerprint density at radius 3 is 2.77 bits per heavy atom. The first-order valence-corrected chi connectivity index (χ1v) is 11.1. The van der Waals surface area contributed by atoms with Crippen molar-refractivity contribution in [2.45, 2.75) is 19.6 Å². The van der Waals surface area contributed by atoms with Gasteiger partial charge in [-0.1, -0.05) is 47.6 Å². The van der Waals surface area contributed by atoms with E-state index in [1.165, 1.54) is 5.01 Å². The highest BCUT2D eigenvalue weighted by Crippen LogP contribution is 2.30. The maximum atomic E-state index is 13.7. The summed E-state index contributed by atoms with van der Waals surface area (Å²) in [4.78, 5) is 10.8. The van der Waals surface area contributed by atoms with Crippen LogP contribution in [0, 0.1) is 0 Å². The van der Waals surface area contributed by atoms with Gasteiger partial charge in [0.15, 0.2) is 0 Å². The molecule has 0 spiro atoms. The molecule has 0 aliphatic carbocycles. The topological polar surface area (TPSA) is 110 Å². The molecule has 0 unspecified atom stereocenters. The molecule has 1 aliphatic heterocycles. The average molecular weight is 474 g/mol. The Morgan fingerprint density at radius 2 is 1.97 bits per heavy atom. The zero-order chi connectivity index (χ0) is 24.8. The van der Waals surface area contributed by atoms with E-state index >= 15 is 0 Å². The van der Waals surface area contributed by atoms with Gasteiger partial charge in [-0.15, -0.1) is 0 Å². The molecule has 0 saturated carbocycles. The van der Waals surface area contributed by atoms with E-state index in [-0.39, 0.29) is 11.6 Å². The number of aromatic nitrogens is 2. The Hall–Kier alpha value is -4.08. The highest BCUT2D eigenvalue weighted by molar-refractivity contribution is 5.76. The Kier molecular flexibility index (Phi) is 7.49. The van der Waals surface area contributed by atoms with Gasteiger partial charge >= 0.3 is 0 Å². The average Bonchev–Trinajstić information content (AvgIpc) is 3.21. The van der Waals surface area contributed by atoms with Crippen molar-refractivity contribution in [1.82, 2.24) is 15.0 Å². The van der Waals surface area contributed by atoms with E-state index in [0.29, 0.717) is 34.8 Å². The lowest BCUT2D eigenvalue weighted by atomic mass is 10.1. The van der Waals surface area contributed by atoms with Crippen molar-refractivity contribution in [1.29, 1.82) is 0 Å². The number of allylic oxidation sites excluding steroid dienone is 2. The van der Waals surface area contributed by atoms with Gasteiger partial charge in [0.05, 0.1) is 11.4 Å². The molecule has 0 amide bonds. The summed E-state index contributed by atoms with van der Waals surface area (Å²) in [5, 5.41) is 5.50. The number of alkyl halides is 1. The van der Waals surface area contributed by atoms with Crippen LogP contribution in [0.15, 0.2) is 87.7 Å². The molecular weight excluding hydrogens is 445 g/mol. The summed E-state index contributed by atoms with van der Waals surface area (Å²) >= 11 is 0. The summed E-state index contributed by atoms with van der Waals surface area (Å²) in [6.07, 6.45) is 7.70. The standard InChI is InChI=1S/C26H28FN7O/c1-33(2)17-18-7-5-9-20(15-18)25-31-26(35-32-25)23(28)24(19-10-6-13-30-14-12-19)34(29)22-11-4-3-8-21(22)16-27/h3-5,7-15H,6,16-17,28-29H2,1-2H3/b24-23-. The highest BCUT2D eigenvalue weighted by Gasteiger charge is 2.23. The quantitative estimate of drug-likeness (QED) is 0.373. The molecule has 0 saturated heterocycles. The van der Waals surface area contributed by atoms with E-state index in [1.807, 2.05) is 44.4 Å². The van der Waals surface area contributed by atoms with Crippen LogP contribution in [0.5, 0.6) is 0 Å². The van der Waals surface area contributed by atoms with Crippen LogP contribution in [-0.4, -0.2) is 35.4 Å².